The third-order valence-corrected chi connectivity index (χ3v) is 3.77. The molecule has 72 valence electrons. The first-order chi connectivity index (χ1) is 6.36. The molecule has 0 aliphatic heterocycles. The fourth-order valence-electron chi connectivity index (χ4n) is 1.09. The lowest BCUT2D eigenvalue weighted by Gasteiger charge is -2.17. The fraction of sp³-hybridized carbons (Fsp3) is 0.400. The van der Waals surface area contributed by atoms with E-state index in [1.165, 1.54) is 0 Å². The van der Waals surface area contributed by atoms with E-state index in [1.807, 2.05) is 30.3 Å². The van der Waals surface area contributed by atoms with Crippen LogP contribution in [0.2, 0.25) is 0 Å². The van der Waals surface area contributed by atoms with Crippen molar-refractivity contribution in [1.82, 2.24) is 4.57 Å². The van der Waals surface area contributed by atoms with Gasteiger partial charge in [-0.1, -0.05) is 32.0 Å². The molecule has 0 saturated carbocycles. The van der Waals surface area contributed by atoms with Crippen molar-refractivity contribution >= 4 is 9.92 Å². The summed E-state index contributed by atoms with van der Waals surface area (Å²) >= 11 is 0. The number of hydrogen-bond acceptors (Lipinski definition) is 2. The van der Waals surface area contributed by atoms with Gasteiger partial charge in [0.1, 0.15) is 5.75 Å². The van der Waals surface area contributed by atoms with Crippen LogP contribution in [0.1, 0.15) is 13.8 Å². The molecular formula is C10H17NOSi. The van der Waals surface area contributed by atoms with E-state index in [9.17, 15) is 0 Å². The largest absolute Gasteiger partial charge is 0.535 e. The highest BCUT2D eigenvalue weighted by atomic mass is 28.2. The van der Waals surface area contributed by atoms with E-state index in [-0.39, 0.29) is 0 Å². The molecule has 0 heterocycles. The van der Waals surface area contributed by atoms with Crippen LogP contribution in [-0.2, 0) is 0 Å². The molecule has 3 heteroatoms. The summed E-state index contributed by atoms with van der Waals surface area (Å²) in [6.07, 6.45) is 0. The van der Waals surface area contributed by atoms with Crippen molar-refractivity contribution in [3.63, 3.8) is 0 Å². The summed E-state index contributed by atoms with van der Waals surface area (Å²) in [4.78, 5) is 0. The Labute approximate surface area is 82.5 Å². The molecule has 0 aromatic heterocycles. The summed E-state index contributed by atoms with van der Waals surface area (Å²) in [5.41, 5.74) is 0. The van der Waals surface area contributed by atoms with Crippen LogP contribution in [0.5, 0.6) is 5.75 Å². The minimum absolute atomic E-state index is 0.540. The van der Waals surface area contributed by atoms with Crippen LogP contribution in [-0.4, -0.2) is 27.6 Å². The molecule has 0 bridgehead atoms. The van der Waals surface area contributed by atoms with Gasteiger partial charge >= 0.3 is 0 Å². The van der Waals surface area contributed by atoms with Crippen molar-refractivity contribution in [2.75, 3.05) is 13.1 Å². The van der Waals surface area contributed by atoms with Gasteiger partial charge in [-0.05, 0) is 25.2 Å². The summed E-state index contributed by atoms with van der Waals surface area (Å²) in [6.45, 7) is 6.53. The third-order valence-electron chi connectivity index (χ3n) is 2.05. The minimum atomic E-state index is -0.540. The maximum atomic E-state index is 5.71. The summed E-state index contributed by atoms with van der Waals surface area (Å²) in [5, 5.41) is 0. The predicted octanol–water partition coefficient (Wildman–Crippen LogP) is 1.41. The normalized spacial score (nSPS) is 11.3. The van der Waals surface area contributed by atoms with Crippen LogP contribution in [0.15, 0.2) is 30.3 Å². The van der Waals surface area contributed by atoms with Crippen LogP contribution in [0.25, 0.3) is 0 Å². The Morgan fingerprint density at radius 3 is 2.31 bits per heavy atom. The highest BCUT2D eigenvalue weighted by Crippen LogP contribution is 2.07. The molecule has 0 unspecified atom stereocenters. The zero-order valence-corrected chi connectivity index (χ0v) is 9.78. The number of para-hydroxylation sites is 1. The van der Waals surface area contributed by atoms with Crippen LogP contribution in [0, 0.1) is 0 Å². The minimum Gasteiger partial charge on any atom is -0.535 e. The molecule has 2 nitrogen and oxygen atoms in total. The quantitative estimate of drug-likeness (QED) is 0.659. The summed E-state index contributed by atoms with van der Waals surface area (Å²) in [5.74, 6) is 1.00. The van der Waals surface area contributed by atoms with Gasteiger partial charge in [0, 0.05) is 0 Å². The van der Waals surface area contributed by atoms with Crippen molar-refractivity contribution in [2.45, 2.75) is 13.8 Å². The molecule has 0 amide bonds. The van der Waals surface area contributed by atoms with Gasteiger partial charge < -0.3 is 4.43 Å². The average Bonchev–Trinajstić information content (AvgIpc) is 2.21. The van der Waals surface area contributed by atoms with E-state index in [2.05, 4.69) is 18.4 Å². The standard InChI is InChI=1S/C10H17NOSi/c1-3-11(4-2)13-12-10-8-6-5-7-9-10/h5-9H,3-4,13H2,1-2H3. The Kier molecular flexibility index (Phi) is 4.57. The molecule has 0 atom stereocenters. The lowest BCUT2D eigenvalue weighted by molar-refractivity contribution is 0.422. The second-order valence-corrected chi connectivity index (χ2v) is 4.33. The van der Waals surface area contributed by atoms with E-state index in [0.29, 0.717) is 0 Å². The van der Waals surface area contributed by atoms with Gasteiger partial charge in [-0.2, -0.15) is 0 Å². The first-order valence-corrected chi connectivity index (χ1v) is 5.98. The fourth-order valence-corrected chi connectivity index (χ4v) is 1.98. The Morgan fingerprint density at radius 1 is 1.15 bits per heavy atom. The smallest absolute Gasteiger partial charge is 0.299 e. The molecule has 0 aliphatic carbocycles. The molecule has 0 spiro atoms. The molecule has 0 saturated heterocycles. The number of nitrogens with zero attached hydrogens (tertiary/aromatic N) is 1. The monoisotopic (exact) mass is 195 g/mol. The van der Waals surface area contributed by atoms with Gasteiger partial charge in [-0.15, -0.1) is 0 Å². The predicted molar refractivity (Wildman–Crippen MR) is 58.5 cm³/mol. The highest BCUT2D eigenvalue weighted by Gasteiger charge is 2.00. The van der Waals surface area contributed by atoms with E-state index in [0.717, 1.165) is 18.8 Å². The molecule has 13 heavy (non-hydrogen) atoms. The van der Waals surface area contributed by atoms with Crippen LogP contribution < -0.4 is 4.43 Å². The van der Waals surface area contributed by atoms with Crippen LogP contribution in [0.3, 0.4) is 0 Å². The Bertz CT molecular complexity index is 224. The van der Waals surface area contributed by atoms with Crippen LogP contribution >= 0.6 is 0 Å². The number of hydrogen-bond donors (Lipinski definition) is 0. The molecule has 0 N–H and O–H groups in total. The van der Waals surface area contributed by atoms with Gasteiger partial charge in [0.05, 0.1) is 0 Å². The van der Waals surface area contributed by atoms with Crippen molar-refractivity contribution in [1.29, 1.82) is 0 Å². The van der Waals surface area contributed by atoms with Gasteiger partial charge in [0.2, 0.25) is 0 Å². The number of rotatable bonds is 5. The molecule has 1 aromatic carbocycles. The van der Waals surface area contributed by atoms with Crippen molar-refractivity contribution in [3.05, 3.63) is 30.3 Å². The van der Waals surface area contributed by atoms with Gasteiger partial charge in [0.15, 0.2) is 0 Å². The van der Waals surface area contributed by atoms with E-state index in [1.54, 1.807) is 0 Å². The van der Waals surface area contributed by atoms with Gasteiger partial charge in [-0.3, -0.25) is 4.57 Å². The van der Waals surface area contributed by atoms with Gasteiger partial charge in [-0.25, -0.2) is 0 Å². The molecule has 0 fully saturated rings. The third kappa shape index (κ3) is 3.61. The highest BCUT2D eigenvalue weighted by molar-refractivity contribution is 6.24. The Balaban J connectivity index is 2.34. The Hall–Kier alpha value is -0.803. The second kappa shape index (κ2) is 5.78. The summed E-state index contributed by atoms with van der Waals surface area (Å²) in [6, 6.07) is 10.0. The number of benzene rings is 1. The summed E-state index contributed by atoms with van der Waals surface area (Å²) in [7, 11) is -0.540. The molecule has 0 radical (unpaired) electrons. The lowest BCUT2D eigenvalue weighted by atomic mass is 10.3. The summed E-state index contributed by atoms with van der Waals surface area (Å²) < 4.78 is 8.08. The first-order valence-electron chi connectivity index (χ1n) is 4.77. The Morgan fingerprint density at radius 2 is 1.77 bits per heavy atom. The van der Waals surface area contributed by atoms with E-state index in [4.69, 9.17) is 4.43 Å². The van der Waals surface area contributed by atoms with Crippen LogP contribution in [0.4, 0.5) is 0 Å². The zero-order chi connectivity index (χ0) is 9.52. The average molecular weight is 195 g/mol. The van der Waals surface area contributed by atoms with Gasteiger partial charge in [0.25, 0.3) is 9.92 Å². The molecule has 1 rings (SSSR count). The molecule has 0 aliphatic rings. The first kappa shape index (κ1) is 10.3. The topological polar surface area (TPSA) is 12.5 Å². The van der Waals surface area contributed by atoms with Crippen molar-refractivity contribution < 1.29 is 4.43 Å². The zero-order valence-electron chi connectivity index (χ0n) is 8.36. The molecule has 1 aromatic rings. The van der Waals surface area contributed by atoms with Crippen molar-refractivity contribution in [2.24, 2.45) is 0 Å². The lowest BCUT2D eigenvalue weighted by Crippen LogP contribution is -2.31. The maximum Gasteiger partial charge on any atom is 0.299 e. The maximum absolute atomic E-state index is 5.71. The van der Waals surface area contributed by atoms with E-state index >= 15 is 0 Å². The van der Waals surface area contributed by atoms with Crippen molar-refractivity contribution in [3.8, 4) is 5.75 Å². The molecular weight excluding hydrogens is 178 g/mol. The SMILES string of the molecule is CCN(CC)[SiH2]Oc1ccccc1. The van der Waals surface area contributed by atoms with E-state index < -0.39 is 9.92 Å². The second-order valence-electron chi connectivity index (χ2n) is 2.89.